The second-order valence-corrected chi connectivity index (χ2v) is 12.8. The van der Waals surface area contributed by atoms with E-state index in [2.05, 4.69) is 77.2 Å². The zero-order valence-electron chi connectivity index (χ0n) is 27.1. The van der Waals surface area contributed by atoms with Crippen LogP contribution in [0.3, 0.4) is 0 Å². The number of benzene rings is 3. The molecule has 2 aliphatic rings. The minimum absolute atomic E-state index is 0.0124. The molecule has 1 aliphatic carbocycles. The monoisotopic (exact) mass is 631 g/mol. The van der Waals surface area contributed by atoms with Crippen LogP contribution in [-0.4, -0.2) is 46.1 Å². The fourth-order valence-corrected chi connectivity index (χ4v) is 6.87. The molecule has 6 rings (SSSR count). The summed E-state index contributed by atoms with van der Waals surface area (Å²) in [5, 5.41) is 12.6. The van der Waals surface area contributed by atoms with Gasteiger partial charge in [0.2, 0.25) is 0 Å². The number of hydrogen-bond acceptors (Lipinski definition) is 6. The SMILES string of the molecule is C=CCN(CC1OC(c2cccc(-c3cccc(CNC(=O)c4cccnc4)c3)c2)OC(c2ccc(CO)cc2)C1C)C1CCCC1. The molecule has 4 atom stereocenters. The zero-order chi connectivity index (χ0) is 32.6. The molecular weight excluding hydrogens is 586 g/mol. The Kier molecular flexibility index (Phi) is 10.9. The number of hydrogen-bond donors (Lipinski definition) is 2. The number of rotatable bonds is 12. The molecule has 1 aliphatic heterocycles. The molecule has 2 N–H and O–H groups in total. The molecule has 47 heavy (non-hydrogen) atoms. The van der Waals surface area contributed by atoms with Gasteiger partial charge in [0.25, 0.3) is 5.91 Å². The second-order valence-electron chi connectivity index (χ2n) is 12.8. The minimum Gasteiger partial charge on any atom is -0.392 e. The van der Waals surface area contributed by atoms with Gasteiger partial charge in [-0.2, -0.15) is 0 Å². The fraction of sp³-hybridized carbons (Fsp3) is 0.350. The summed E-state index contributed by atoms with van der Waals surface area (Å²) in [6.07, 6.45) is 9.45. The molecule has 0 radical (unpaired) electrons. The Morgan fingerprint density at radius 3 is 2.45 bits per heavy atom. The molecule has 0 spiro atoms. The van der Waals surface area contributed by atoms with Crippen LogP contribution in [0.2, 0.25) is 0 Å². The van der Waals surface area contributed by atoms with Gasteiger partial charge < -0.3 is 19.9 Å². The summed E-state index contributed by atoms with van der Waals surface area (Å²) in [4.78, 5) is 19.2. The van der Waals surface area contributed by atoms with Gasteiger partial charge in [-0.1, -0.05) is 86.5 Å². The summed E-state index contributed by atoms with van der Waals surface area (Å²) in [5.74, 6) is -0.0392. The third kappa shape index (κ3) is 8.06. The summed E-state index contributed by atoms with van der Waals surface area (Å²) < 4.78 is 13.6. The number of carbonyl (C=O) groups is 1. The Bertz CT molecular complexity index is 1620. The smallest absolute Gasteiger partial charge is 0.253 e. The van der Waals surface area contributed by atoms with Gasteiger partial charge in [0.05, 0.1) is 24.4 Å². The predicted molar refractivity (Wildman–Crippen MR) is 184 cm³/mol. The Morgan fingerprint density at radius 1 is 0.957 bits per heavy atom. The molecule has 7 heteroatoms. The Hall–Kier alpha value is -4.14. The van der Waals surface area contributed by atoms with Crippen LogP contribution in [0.1, 0.15) is 77.6 Å². The number of ether oxygens (including phenoxy) is 2. The number of aliphatic hydroxyl groups excluding tert-OH is 1. The van der Waals surface area contributed by atoms with Crippen molar-refractivity contribution in [1.29, 1.82) is 0 Å². The molecule has 2 heterocycles. The molecule has 0 bridgehead atoms. The lowest BCUT2D eigenvalue weighted by Crippen LogP contribution is -2.47. The molecule has 4 aromatic rings. The molecular formula is C40H45N3O4. The normalized spacial score (nSPS) is 21.5. The van der Waals surface area contributed by atoms with Crippen LogP contribution in [-0.2, 0) is 22.6 Å². The quantitative estimate of drug-likeness (QED) is 0.159. The summed E-state index contributed by atoms with van der Waals surface area (Å²) in [6.45, 7) is 8.36. The first kappa shape index (κ1) is 32.8. The molecule has 1 aromatic heterocycles. The highest BCUT2D eigenvalue weighted by molar-refractivity contribution is 5.93. The third-order valence-electron chi connectivity index (χ3n) is 9.54. The van der Waals surface area contributed by atoms with E-state index in [1.807, 2.05) is 30.3 Å². The molecule has 1 saturated heterocycles. The Labute approximate surface area is 278 Å². The van der Waals surface area contributed by atoms with Gasteiger partial charge >= 0.3 is 0 Å². The van der Waals surface area contributed by atoms with Crippen LogP contribution in [0.15, 0.2) is 110 Å². The average molecular weight is 632 g/mol. The van der Waals surface area contributed by atoms with Crippen molar-refractivity contribution in [3.05, 3.63) is 138 Å². The highest BCUT2D eigenvalue weighted by atomic mass is 16.7. The standard InChI is InChI=1S/C40H45N3O4/c1-3-21-43(36-14-4-5-15-36)26-37-28(2)38(31-18-16-29(27-44)17-19-31)47-40(46-37)34-12-7-11-33(23-34)32-10-6-9-30(22-32)24-42-39(45)35-13-8-20-41-25-35/h3,6-13,16-20,22-23,25,28,36-38,40,44H,1,4-5,14-15,21,24,26-27H2,2H3,(H,42,45). The van der Waals surface area contributed by atoms with Crippen LogP contribution >= 0.6 is 0 Å². The Balaban J connectivity index is 1.24. The number of pyridine rings is 1. The third-order valence-corrected chi connectivity index (χ3v) is 9.54. The molecule has 244 valence electrons. The van der Waals surface area contributed by atoms with Crippen molar-refractivity contribution < 1.29 is 19.4 Å². The van der Waals surface area contributed by atoms with E-state index in [-0.39, 0.29) is 30.6 Å². The second kappa shape index (κ2) is 15.6. The molecule has 1 amide bonds. The van der Waals surface area contributed by atoms with Crippen LogP contribution in [0.5, 0.6) is 0 Å². The van der Waals surface area contributed by atoms with E-state index < -0.39 is 6.29 Å². The first-order chi connectivity index (χ1) is 23.0. The summed E-state index contributed by atoms with van der Waals surface area (Å²) >= 11 is 0. The largest absolute Gasteiger partial charge is 0.392 e. The van der Waals surface area contributed by atoms with Gasteiger partial charge in [-0.05, 0) is 64.9 Å². The van der Waals surface area contributed by atoms with Gasteiger partial charge in [-0.25, -0.2) is 0 Å². The number of nitrogens with one attached hydrogen (secondary N) is 1. The highest BCUT2D eigenvalue weighted by Crippen LogP contribution is 2.43. The number of aromatic nitrogens is 1. The lowest BCUT2D eigenvalue weighted by atomic mass is 9.89. The lowest BCUT2D eigenvalue weighted by Gasteiger charge is -2.43. The van der Waals surface area contributed by atoms with Crippen molar-refractivity contribution in [2.75, 3.05) is 13.1 Å². The maximum Gasteiger partial charge on any atom is 0.253 e. The summed E-state index contributed by atoms with van der Waals surface area (Å²) in [7, 11) is 0. The van der Waals surface area contributed by atoms with Gasteiger partial charge in [-0.15, -0.1) is 6.58 Å². The van der Waals surface area contributed by atoms with Crippen molar-refractivity contribution in [1.82, 2.24) is 15.2 Å². The zero-order valence-corrected chi connectivity index (χ0v) is 27.1. The maximum atomic E-state index is 12.6. The van der Waals surface area contributed by atoms with Crippen molar-refractivity contribution >= 4 is 5.91 Å². The van der Waals surface area contributed by atoms with E-state index in [0.29, 0.717) is 18.2 Å². The van der Waals surface area contributed by atoms with Crippen molar-refractivity contribution in [3.63, 3.8) is 0 Å². The topological polar surface area (TPSA) is 83.9 Å². The van der Waals surface area contributed by atoms with Gasteiger partial charge in [0, 0.05) is 49.6 Å². The number of aliphatic hydroxyl groups is 1. The highest BCUT2D eigenvalue weighted by Gasteiger charge is 2.40. The van der Waals surface area contributed by atoms with Crippen molar-refractivity contribution in [3.8, 4) is 11.1 Å². The van der Waals surface area contributed by atoms with Crippen molar-refractivity contribution in [2.24, 2.45) is 5.92 Å². The van der Waals surface area contributed by atoms with Crippen LogP contribution in [0, 0.1) is 5.92 Å². The number of amides is 1. The molecule has 4 unspecified atom stereocenters. The van der Waals surface area contributed by atoms with E-state index in [1.54, 1.807) is 24.5 Å². The van der Waals surface area contributed by atoms with Gasteiger partial charge in [0.15, 0.2) is 6.29 Å². The van der Waals surface area contributed by atoms with E-state index in [1.165, 1.54) is 25.7 Å². The summed E-state index contributed by atoms with van der Waals surface area (Å²) in [5.41, 5.74) is 6.57. The molecule has 7 nitrogen and oxygen atoms in total. The molecule has 1 saturated carbocycles. The van der Waals surface area contributed by atoms with Crippen LogP contribution in [0.25, 0.3) is 11.1 Å². The van der Waals surface area contributed by atoms with Crippen LogP contribution < -0.4 is 5.32 Å². The van der Waals surface area contributed by atoms with Crippen LogP contribution in [0.4, 0.5) is 0 Å². The Morgan fingerprint density at radius 2 is 1.72 bits per heavy atom. The number of nitrogens with zero attached hydrogens (tertiary/aromatic N) is 2. The predicted octanol–water partition coefficient (Wildman–Crippen LogP) is 7.39. The minimum atomic E-state index is -0.546. The van der Waals surface area contributed by atoms with E-state index in [4.69, 9.17) is 9.47 Å². The summed E-state index contributed by atoms with van der Waals surface area (Å²) in [6, 6.07) is 28.7. The van der Waals surface area contributed by atoms with Crippen molar-refractivity contribution in [2.45, 2.75) is 70.3 Å². The maximum absolute atomic E-state index is 12.6. The van der Waals surface area contributed by atoms with E-state index in [0.717, 1.165) is 46.5 Å². The molecule has 3 aromatic carbocycles. The van der Waals surface area contributed by atoms with Gasteiger partial charge in [-0.3, -0.25) is 14.7 Å². The van der Waals surface area contributed by atoms with E-state index >= 15 is 0 Å². The first-order valence-electron chi connectivity index (χ1n) is 16.8. The lowest BCUT2D eigenvalue weighted by molar-refractivity contribution is -0.276. The van der Waals surface area contributed by atoms with Gasteiger partial charge in [0.1, 0.15) is 0 Å². The molecule has 2 fully saturated rings. The van der Waals surface area contributed by atoms with E-state index in [9.17, 15) is 9.90 Å². The fourth-order valence-electron chi connectivity index (χ4n) is 6.87. The average Bonchev–Trinajstić information content (AvgIpc) is 3.67. The first-order valence-corrected chi connectivity index (χ1v) is 16.8. The number of carbonyl (C=O) groups excluding carboxylic acids is 1.